The minimum absolute atomic E-state index is 0.128. The highest BCUT2D eigenvalue weighted by atomic mass is 16.4. The summed E-state index contributed by atoms with van der Waals surface area (Å²) in [4.78, 5) is 34.4. The Balaban J connectivity index is 2.72. The quantitative estimate of drug-likeness (QED) is 0.300. The summed E-state index contributed by atoms with van der Waals surface area (Å²) >= 11 is 0. The average molecular weight is 322 g/mol. The first-order valence-electron chi connectivity index (χ1n) is 7.16. The van der Waals surface area contributed by atoms with Crippen molar-refractivity contribution < 1.29 is 19.5 Å². The van der Waals surface area contributed by atoms with E-state index in [-0.39, 0.29) is 25.8 Å². The van der Waals surface area contributed by atoms with Crippen molar-refractivity contribution in [1.82, 2.24) is 5.32 Å². The summed E-state index contributed by atoms with van der Waals surface area (Å²) in [5.74, 6) is -2.18. The van der Waals surface area contributed by atoms with E-state index < -0.39 is 29.4 Å². The highest BCUT2D eigenvalue weighted by Crippen LogP contribution is 2.15. The maximum atomic E-state index is 12.4. The second kappa shape index (κ2) is 8.25. The summed E-state index contributed by atoms with van der Waals surface area (Å²) in [6.07, 6.45) is 0.241. The van der Waals surface area contributed by atoms with Crippen LogP contribution in [0.2, 0.25) is 0 Å². The molecular formula is C15H22N4O4. The first-order chi connectivity index (χ1) is 10.8. The van der Waals surface area contributed by atoms with Gasteiger partial charge in [0.05, 0.1) is 6.04 Å². The van der Waals surface area contributed by atoms with E-state index in [0.29, 0.717) is 0 Å². The molecule has 0 aromatic heterocycles. The number of amides is 2. The summed E-state index contributed by atoms with van der Waals surface area (Å²) < 4.78 is 0. The fraction of sp³-hybridized carbons (Fsp3) is 0.400. The van der Waals surface area contributed by atoms with Crippen LogP contribution in [0.15, 0.2) is 30.3 Å². The molecule has 23 heavy (non-hydrogen) atoms. The number of carbonyl (C=O) groups is 3. The van der Waals surface area contributed by atoms with E-state index in [4.69, 9.17) is 17.2 Å². The largest absolute Gasteiger partial charge is 0.480 e. The molecule has 0 aliphatic heterocycles. The molecule has 0 heterocycles. The first-order valence-corrected chi connectivity index (χ1v) is 7.16. The molecule has 0 spiro atoms. The van der Waals surface area contributed by atoms with Crippen molar-refractivity contribution >= 4 is 17.8 Å². The Kier molecular flexibility index (Phi) is 6.67. The summed E-state index contributed by atoms with van der Waals surface area (Å²) in [6.45, 7) is 0.128. The number of aliphatic carboxylic acids is 1. The van der Waals surface area contributed by atoms with Crippen molar-refractivity contribution in [2.45, 2.75) is 30.8 Å². The molecule has 0 aliphatic rings. The topological polar surface area (TPSA) is 162 Å². The molecule has 1 rings (SSSR count). The third-order valence-corrected chi connectivity index (χ3v) is 3.50. The number of rotatable bonds is 9. The second-order valence-corrected chi connectivity index (χ2v) is 5.33. The van der Waals surface area contributed by atoms with Gasteiger partial charge in [-0.25, -0.2) is 9.59 Å². The minimum Gasteiger partial charge on any atom is -0.480 e. The second-order valence-electron chi connectivity index (χ2n) is 5.33. The number of hydrogen-bond acceptors (Lipinski definition) is 5. The van der Waals surface area contributed by atoms with Crippen LogP contribution in [-0.2, 0) is 16.0 Å². The Morgan fingerprint density at radius 1 is 1.22 bits per heavy atom. The Morgan fingerprint density at radius 3 is 2.35 bits per heavy atom. The standard InChI is InChI=1S/C15H22N4O4/c16-11(9-10-5-2-1-3-6-10)12(20)15(18,13(21)22)7-4-8-19-14(17)23/h1-3,5-6,11H,4,7-9,16,18H2,(H,21,22)(H3,17,19,23). The molecule has 1 aromatic carbocycles. The fourth-order valence-electron chi connectivity index (χ4n) is 2.21. The number of nitrogens with one attached hydrogen (secondary N) is 1. The zero-order valence-corrected chi connectivity index (χ0v) is 12.7. The van der Waals surface area contributed by atoms with E-state index in [0.717, 1.165) is 5.56 Å². The third kappa shape index (κ3) is 5.35. The van der Waals surface area contributed by atoms with Gasteiger partial charge in [-0.1, -0.05) is 30.3 Å². The maximum Gasteiger partial charge on any atom is 0.331 e. The van der Waals surface area contributed by atoms with Crippen molar-refractivity contribution in [3.8, 4) is 0 Å². The van der Waals surface area contributed by atoms with Crippen LogP contribution in [0, 0.1) is 0 Å². The fourth-order valence-corrected chi connectivity index (χ4v) is 2.21. The van der Waals surface area contributed by atoms with Gasteiger partial charge in [0.2, 0.25) is 0 Å². The van der Waals surface area contributed by atoms with E-state index in [2.05, 4.69) is 5.32 Å². The Morgan fingerprint density at radius 2 is 1.83 bits per heavy atom. The van der Waals surface area contributed by atoms with Crippen LogP contribution in [0.3, 0.4) is 0 Å². The number of nitrogens with two attached hydrogens (primary N) is 3. The van der Waals surface area contributed by atoms with Crippen molar-refractivity contribution in [1.29, 1.82) is 0 Å². The van der Waals surface area contributed by atoms with Crippen LogP contribution < -0.4 is 22.5 Å². The number of ketones is 1. The number of carboxylic acid groups (broad SMARTS) is 1. The molecule has 0 fully saturated rings. The lowest BCUT2D eigenvalue weighted by atomic mass is 9.84. The zero-order valence-electron chi connectivity index (χ0n) is 12.7. The number of Topliss-reactive ketones (excluding diaryl/α,β-unsaturated/α-hetero) is 1. The molecule has 2 amide bonds. The van der Waals surface area contributed by atoms with Crippen LogP contribution in [-0.4, -0.2) is 41.0 Å². The molecule has 8 N–H and O–H groups in total. The summed E-state index contributed by atoms with van der Waals surface area (Å²) in [7, 11) is 0. The van der Waals surface area contributed by atoms with Crippen LogP contribution in [0.25, 0.3) is 0 Å². The molecule has 0 saturated carbocycles. The lowest BCUT2D eigenvalue weighted by Gasteiger charge is -2.26. The van der Waals surface area contributed by atoms with Crippen LogP contribution >= 0.6 is 0 Å². The Labute approximate surface area is 134 Å². The first kappa shape index (κ1) is 18.6. The number of hydrogen-bond donors (Lipinski definition) is 5. The summed E-state index contributed by atoms with van der Waals surface area (Å²) in [5.41, 5.74) is 15.3. The lowest BCUT2D eigenvalue weighted by molar-refractivity contribution is -0.149. The van der Waals surface area contributed by atoms with Gasteiger partial charge in [-0.3, -0.25) is 4.79 Å². The van der Waals surface area contributed by atoms with Crippen molar-refractivity contribution in [3.05, 3.63) is 35.9 Å². The highest BCUT2D eigenvalue weighted by Gasteiger charge is 2.43. The lowest BCUT2D eigenvalue weighted by Crippen LogP contribution is -2.60. The van der Waals surface area contributed by atoms with Gasteiger partial charge in [0.15, 0.2) is 11.3 Å². The third-order valence-electron chi connectivity index (χ3n) is 3.50. The molecule has 2 atom stereocenters. The number of primary amides is 1. The van der Waals surface area contributed by atoms with Gasteiger partial charge >= 0.3 is 12.0 Å². The molecular weight excluding hydrogens is 300 g/mol. The number of benzene rings is 1. The van der Waals surface area contributed by atoms with Crippen molar-refractivity contribution in [3.63, 3.8) is 0 Å². The van der Waals surface area contributed by atoms with Crippen LogP contribution in [0.4, 0.5) is 4.79 Å². The molecule has 0 saturated heterocycles. The zero-order chi connectivity index (χ0) is 17.5. The average Bonchev–Trinajstić information content (AvgIpc) is 2.51. The highest BCUT2D eigenvalue weighted by molar-refractivity contribution is 6.09. The van der Waals surface area contributed by atoms with Gasteiger partial charge in [0, 0.05) is 6.54 Å². The van der Waals surface area contributed by atoms with Crippen LogP contribution in [0.1, 0.15) is 18.4 Å². The predicted octanol–water partition coefficient (Wildman–Crippen LogP) is -0.644. The van der Waals surface area contributed by atoms with E-state index in [1.807, 2.05) is 6.07 Å². The normalized spacial score (nSPS) is 14.5. The van der Waals surface area contributed by atoms with Gasteiger partial charge < -0.3 is 27.6 Å². The van der Waals surface area contributed by atoms with Gasteiger partial charge in [0.1, 0.15) is 0 Å². The molecule has 8 heteroatoms. The smallest absolute Gasteiger partial charge is 0.331 e. The number of carboxylic acids is 1. The molecule has 0 radical (unpaired) electrons. The SMILES string of the molecule is NC(=O)NCCCC(N)(C(=O)O)C(=O)C(N)Cc1ccccc1. The monoisotopic (exact) mass is 322 g/mol. The van der Waals surface area contributed by atoms with E-state index in [1.54, 1.807) is 24.3 Å². The van der Waals surface area contributed by atoms with Crippen molar-refractivity contribution in [2.24, 2.45) is 17.2 Å². The van der Waals surface area contributed by atoms with Gasteiger partial charge in [-0.15, -0.1) is 0 Å². The summed E-state index contributed by atoms with van der Waals surface area (Å²) in [6, 6.07) is 7.26. The Hall–Kier alpha value is -2.45. The van der Waals surface area contributed by atoms with E-state index in [9.17, 15) is 19.5 Å². The summed E-state index contributed by atoms with van der Waals surface area (Å²) in [5, 5.41) is 11.6. The number of carbonyl (C=O) groups excluding carboxylic acids is 2. The molecule has 1 aromatic rings. The number of urea groups is 1. The molecule has 8 nitrogen and oxygen atoms in total. The van der Waals surface area contributed by atoms with E-state index in [1.165, 1.54) is 0 Å². The minimum atomic E-state index is -2.09. The molecule has 126 valence electrons. The van der Waals surface area contributed by atoms with Gasteiger partial charge in [-0.2, -0.15) is 0 Å². The predicted molar refractivity (Wildman–Crippen MR) is 84.5 cm³/mol. The van der Waals surface area contributed by atoms with Crippen molar-refractivity contribution in [2.75, 3.05) is 6.54 Å². The van der Waals surface area contributed by atoms with Gasteiger partial charge in [-0.05, 0) is 24.8 Å². The van der Waals surface area contributed by atoms with E-state index >= 15 is 0 Å². The molecule has 2 unspecified atom stereocenters. The maximum absolute atomic E-state index is 12.4. The van der Waals surface area contributed by atoms with Crippen LogP contribution in [0.5, 0.6) is 0 Å². The molecule has 0 aliphatic carbocycles. The van der Waals surface area contributed by atoms with Gasteiger partial charge in [0.25, 0.3) is 0 Å². The molecule has 0 bridgehead atoms. The Bertz CT molecular complexity index is 564.